The Morgan fingerprint density at radius 1 is 1.21 bits per heavy atom. The Hall–Kier alpha value is -0.290. The van der Waals surface area contributed by atoms with E-state index in [0.717, 1.165) is 0 Å². The Kier molecular flexibility index (Phi) is 10.7. The highest BCUT2D eigenvalue weighted by atomic mass is 19.4. The number of nitrogens with one attached hydrogen (secondary N) is 1. The summed E-state index contributed by atoms with van der Waals surface area (Å²) < 4.78 is 39.6. The van der Waals surface area contributed by atoms with Crippen molar-refractivity contribution in [3.8, 4) is 0 Å². The third kappa shape index (κ3) is 17.7. The van der Waals surface area contributed by atoms with Gasteiger partial charge in [0.15, 0.2) is 0 Å². The molecule has 1 N–H and O–H groups in total. The van der Waals surface area contributed by atoms with Crippen molar-refractivity contribution in [1.82, 2.24) is 5.32 Å². The van der Waals surface area contributed by atoms with Crippen LogP contribution in [0.1, 0.15) is 27.7 Å². The maximum absolute atomic E-state index is 11.5. The van der Waals surface area contributed by atoms with E-state index in [4.69, 9.17) is 4.74 Å². The average molecular weight is 215 g/mol. The number of ether oxygens (including phenoxy) is 1. The highest BCUT2D eigenvalue weighted by molar-refractivity contribution is 4.54. The molecule has 0 fully saturated rings. The zero-order chi connectivity index (χ0) is 11.6. The minimum atomic E-state index is -4.13. The summed E-state index contributed by atoms with van der Waals surface area (Å²) in [5.41, 5.74) is 0. The zero-order valence-electron chi connectivity index (χ0n) is 9.24. The average Bonchev–Trinajstić information content (AvgIpc) is 2.05. The van der Waals surface area contributed by atoms with Crippen LogP contribution in [0.15, 0.2) is 0 Å². The van der Waals surface area contributed by atoms with Gasteiger partial charge in [0.2, 0.25) is 0 Å². The van der Waals surface area contributed by atoms with Crippen LogP contribution >= 0.6 is 0 Å². The second kappa shape index (κ2) is 9.27. The lowest BCUT2D eigenvalue weighted by atomic mass is 10.5. The lowest BCUT2D eigenvalue weighted by Gasteiger charge is -2.09. The summed E-state index contributed by atoms with van der Waals surface area (Å²) in [6.45, 7) is 7.27. The molecule has 0 heterocycles. The van der Waals surface area contributed by atoms with Gasteiger partial charge in [-0.1, -0.05) is 13.8 Å². The van der Waals surface area contributed by atoms with Crippen molar-refractivity contribution in [2.45, 2.75) is 40.0 Å². The van der Waals surface area contributed by atoms with E-state index in [1.165, 1.54) is 0 Å². The predicted octanol–water partition coefficient (Wildman–Crippen LogP) is 2.59. The van der Waals surface area contributed by atoms with E-state index in [0.29, 0.717) is 6.61 Å². The second-order valence-electron chi connectivity index (χ2n) is 2.71. The number of halogens is 3. The van der Waals surface area contributed by atoms with Gasteiger partial charge in [-0.3, -0.25) is 0 Å². The van der Waals surface area contributed by atoms with Gasteiger partial charge in [0.1, 0.15) is 0 Å². The molecule has 0 aliphatic rings. The van der Waals surface area contributed by atoms with E-state index in [1.54, 1.807) is 0 Å². The molecule has 0 saturated carbocycles. The maximum atomic E-state index is 11.5. The summed E-state index contributed by atoms with van der Waals surface area (Å²) in [6.07, 6.45) is -4.06. The highest BCUT2D eigenvalue weighted by Crippen LogP contribution is 2.11. The van der Waals surface area contributed by atoms with Crippen molar-refractivity contribution in [2.75, 3.05) is 19.7 Å². The van der Waals surface area contributed by atoms with Gasteiger partial charge in [0.05, 0.1) is 19.3 Å². The van der Waals surface area contributed by atoms with E-state index in [2.05, 4.69) is 5.32 Å². The third-order valence-corrected chi connectivity index (χ3v) is 1.06. The smallest absolute Gasteiger partial charge is 0.377 e. The molecule has 14 heavy (non-hydrogen) atoms. The van der Waals surface area contributed by atoms with Gasteiger partial charge in [0.25, 0.3) is 0 Å². The molecule has 0 bridgehead atoms. The Bertz CT molecular complexity index is 115. The van der Waals surface area contributed by atoms with Gasteiger partial charge in [-0.2, -0.15) is 13.2 Å². The molecule has 0 unspecified atom stereocenters. The Labute approximate surface area is 83.8 Å². The summed E-state index contributed by atoms with van der Waals surface area (Å²) in [5, 5.41) is 2.23. The fraction of sp³-hybridized carbons (Fsp3) is 1.00. The van der Waals surface area contributed by atoms with Crippen LogP contribution in [0, 0.1) is 0 Å². The van der Waals surface area contributed by atoms with Crippen LogP contribution in [0.4, 0.5) is 13.2 Å². The van der Waals surface area contributed by atoms with Crippen molar-refractivity contribution in [1.29, 1.82) is 0 Å². The summed E-state index contributed by atoms with van der Waals surface area (Å²) in [6, 6.07) is 0. The fourth-order valence-corrected chi connectivity index (χ4v) is 0.597. The van der Waals surface area contributed by atoms with Crippen molar-refractivity contribution in [2.24, 2.45) is 0 Å². The van der Waals surface area contributed by atoms with Gasteiger partial charge in [-0.15, -0.1) is 0 Å². The normalized spacial score (nSPS) is 11.1. The summed E-state index contributed by atoms with van der Waals surface area (Å²) in [5.74, 6) is 0. The van der Waals surface area contributed by atoms with Gasteiger partial charge in [0, 0.05) is 6.54 Å². The molecule has 0 aromatic carbocycles. The first-order valence-electron chi connectivity index (χ1n) is 4.81. The molecule has 0 aromatic heterocycles. The van der Waals surface area contributed by atoms with Crippen LogP contribution in [0.2, 0.25) is 0 Å². The molecule has 0 amide bonds. The molecule has 5 heteroatoms. The Morgan fingerprint density at radius 3 is 2.07 bits per heavy atom. The molecule has 0 rings (SSSR count). The van der Waals surface area contributed by atoms with Crippen LogP contribution in [0.5, 0.6) is 0 Å². The minimum absolute atomic E-state index is 0.0673. The molecule has 0 saturated heterocycles. The minimum Gasteiger partial charge on any atom is -0.377 e. The molecule has 0 radical (unpaired) electrons. The van der Waals surface area contributed by atoms with Crippen molar-refractivity contribution in [3.63, 3.8) is 0 Å². The predicted molar refractivity (Wildman–Crippen MR) is 51.4 cm³/mol. The first-order chi connectivity index (χ1) is 6.42. The van der Waals surface area contributed by atoms with Crippen molar-refractivity contribution < 1.29 is 17.9 Å². The van der Waals surface area contributed by atoms with Crippen molar-refractivity contribution >= 4 is 0 Å². The SMILES string of the molecule is CC.CC(C)OCCNCC(F)(F)F. The van der Waals surface area contributed by atoms with E-state index in [-0.39, 0.29) is 12.6 Å². The van der Waals surface area contributed by atoms with Gasteiger partial charge < -0.3 is 10.1 Å². The number of hydrogen-bond acceptors (Lipinski definition) is 2. The van der Waals surface area contributed by atoms with Gasteiger partial charge >= 0.3 is 6.18 Å². The van der Waals surface area contributed by atoms with Crippen LogP contribution in [-0.2, 0) is 4.74 Å². The molecule has 0 aliphatic heterocycles. The number of rotatable bonds is 5. The number of alkyl halides is 3. The second-order valence-corrected chi connectivity index (χ2v) is 2.71. The molecular formula is C9H20F3NO. The van der Waals surface area contributed by atoms with E-state index in [1.807, 2.05) is 27.7 Å². The monoisotopic (exact) mass is 215 g/mol. The zero-order valence-corrected chi connectivity index (χ0v) is 9.24. The lowest BCUT2D eigenvalue weighted by Crippen LogP contribution is -2.31. The molecule has 88 valence electrons. The topological polar surface area (TPSA) is 21.3 Å². The van der Waals surface area contributed by atoms with Gasteiger partial charge in [-0.25, -0.2) is 0 Å². The van der Waals surface area contributed by atoms with Gasteiger partial charge in [-0.05, 0) is 13.8 Å². The first-order valence-corrected chi connectivity index (χ1v) is 4.81. The quantitative estimate of drug-likeness (QED) is 0.712. The maximum Gasteiger partial charge on any atom is 0.401 e. The number of hydrogen-bond donors (Lipinski definition) is 1. The van der Waals surface area contributed by atoms with E-state index >= 15 is 0 Å². The molecule has 0 aliphatic carbocycles. The Morgan fingerprint density at radius 2 is 1.71 bits per heavy atom. The van der Waals surface area contributed by atoms with Crippen LogP contribution in [0.3, 0.4) is 0 Å². The molecule has 0 atom stereocenters. The Balaban J connectivity index is 0. The molecular weight excluding hydrogens is 195 g/mol. The summed E-state index contributed by atoms with van der Waals surface area (Å²) in [4.78, 5) is 0. The largest absolute Gasteiger partial charge is 0.401 e. The van der Waals surface area contributed by atoms with Crippen molar-refractivity contribution in [3.05, 3.63) is 0 Å². The van der Waals surface area contributed by atoms with Crippen LogP contribution in [0.25, 0.3) is 0 Å². The standard InChI is InChI=1S/C7H14F3NO.C2H6/c1-6(2)12-4-3-11-5-7(8,9)10;1-2/h6,11H,3-5H2,1-2H3;1-2H3. The molecule has 0 spiro atoms. The molecule has 0 aromatic rings. The molecule has 2 nitrogen and oxygen atoms in total. The summed E-state index contributed by atoms with van der Waals surface area (Å²) >= 11 is 0. The van der Waals surface area contributed by atoms with E-state index < -0.39 is 12.7 Å². The summed E-state index contributed by atoms with van der Waals surface area (Å²) in [7, 11) is 0. The van der Waals surface area contributed by atoms with E-state index in [9.17, 15) is 13.2 Å². The fourth-order valence-electron chi connectivity index (χ4n) is 0.597. The third-order valence-electron chi connectivity index (χ3n) is 1.06. The first kappa shape index (κ1) is 16.2. The highest BCUT2D eigenvalue weighted by Gasteiger charge is 2.25. The van der Waals surface area contributed by atoms with Crippen LogP contribution < -0.4 is 5.32 Å². The lowest BCUT2D eigenvalue weighted by molar-refractivity contribution is -0.125. The van der Waals surface area contributed by atoms with Crippen LogP contribution in [-0.4, -0.2) is 32.0 Å².